The highest BCUT2D eigenvalue weighted by Gasteiger charge is 2.35. The first-order valence-electron chi connectivity index (χ1n) is 11.0. The number of hydrogen-bond donors (Lipinski definition) is 1. The SMILES string of the molecule is CC(C)(C)OC(=O)N1CC(CNC(=O)N2CCN(c3ccc(F)cc3)c3cc(F)ccc32)C1. The number of ether oxygens (including phenoxy) is 1. The Balaban J connectivity index is 1.38. The van der Waals surface area contributed by atoms with Gasteiger partial charge in [0.15, 0.2) is 0 Å². The first-order chi connectivity index (χ1) is 15.6. The number of benzene rings is 2. The number of anilines is 3. The molecule has 7 nitrogen and oxygen atoms in total. The third kappa shape index (κ3) is 5.18. The van der Waals surface area contributed by atoms with Crippen molar-refractivity contribution < 1.29 is 23.1 Å². The van der Waals surface area contributed by atoms with E-state index in [2.05, 4.69) is 5.32 Å². The van der Waals surface area contributed by atoms with E-state index in [0.29, 0.717) is 44.1 Å². The van der Waals surface area contributed by atoms with E-state index in [-0.39, 0.29) is 23.9 Å². The summed E-state index contributed by atoms with van der Waals surface area (Å²) in [6.07, 6.45) is -0.349. The molecule has 176 valence electrons. The molecule has 0 aromatic heterocycles. The fraction of sp³-hybridized carbons (Fsp3) is 0.417. The zero-order chi connectivity index (χ0) is 23.8. The van der Waals surface area contributed by atoms with E-state index in [1.165, 1.54) is 24.3 Å². The molecule has 33 heavy (non-hydrogen) atoms. The zero-order valence-electron chi connectivity index (χ0n) is 19.0. The number of halogens is 2. The fourth-order valence-electron chi connectivity index (χ4n) is 3.98. The average Bonchev–Trinajstić information content (AvgIpc) is 2.71. The van der Waals surface area contributed by atoms with Gasteiger partial charge >= 0.3 is 12.1 Å². The number of urea groups is 1. The van der Waals surface area contributed by atoms with Gasteiger partial charge in [-0.3, -0.25) is 4.90 Å². The van der Waals surface area contributed by atoms with Gasteiger partial charge in [0.05, 0.1) is 11.4 Å². The van der Waals surface area contributed by atoms with Crippen LogP contribution >= 0.6 is 0 Å². The molecule has 9 heteroatoms. The lowest BCUT2D eigenvalue weighted by Crippen LogP contribution is -2.56. The molecule has 0 spiro atoms. The Morgan fingerprint density at radius 1 is 1.00 bits per heavy atom. The second-order valence-corrected chi connectivity index (χ2v) is 9.35. The second-order valence-electron chi connectivity index (χ2n) is 9.35. The Morgan fingerprint density at radius 2 is 1.67 bits per heavy atom. The molecular formula is C24H28F2N4O3. The zero-order valence-corrected chi connectivity index (χ0v) is 19.0. The van der Waals surface area contributed by atoms with Crippen molar-refractivity contribution in [3.05, 3.63) is 54.1 Å². The van der Waals surface area contributed by atoms with Crippen LogP contribution in [-0.2, 0) is 4.74 Å². The summed E-state index contributed by atoms with van der Waals surface area (Å²) < 4.78 is 32.7. The van der Waals surface area contributed by atoms with Crippen LogP contribution in [0.1, 0.15) is 20.8 Å². The summed E-state index contributed by atoms with van der Waals surface area (Å²) >= 11 is 0. The van der Waals surface area contributed by atoms with E-state index >= 15 is 0 Å². The molecule has 2 aliphatic rings. The third-order valence-corrected chi connectivity index (χ3v) is 5.60. The molecule has 2 aromatic rings. The molecule has 1 fully saturated rings. The number of rotatable bonds is 3. The first-order valence-corrected chi connectivity index (χ1v) is 11.0. The van der Waals surface area contributed by atoms with Crippen molar-refractivity contribution in [1.82, 2.24) is 10.2 Å². The number of amides is 3. The lowest BCUT2D eigenvalue weighted by atomic mass is 10.0. The van der Waals surface area contributed by atoms with Crippen molar-refractivity contribution in [1.29, 1.82) is 0 Å². The van der Waals surface area contributed by atoms with Gasteiger partial charge in [-0.05, 0) is 63.2 Å². The van der Waals surface area contributed by atoms with Crippen LogP contribution in [0, 0.1) is 17.6 Å². The Bertz CT molecular complexity index is 1030. The van der Waals surface area contributed by atoms with Gasteiger partial charge in [0.1, 0.15) is 17.2 Å². The van der Waals surface area contributed by atoms with Crippen LogP contribution in [-0.4, -0.2) is 55.3 Å². The van der Waals surface area contributed by atoms with E-state index in [1.807, 2.05) is 25.7 Å². The molecule has 2 aromatic carbocycles. The quantitative estimate of drug-likeness (QED) is 0.736. The summed E-state index contributed by atoms with van der Waals surface area (Å²) in [6.45, 7) is 7.76. The van der Waals surface area contributed by atoms with Gasteiger partial charge in [0.25, 0.3) is 0 Å². The predicted octanol–water partition coefficient (Wildman–Crippen LogP) is 4.50. The minimum atomic E-state index is -0.542. The molecule has 1 saturated heterocycles. The monoisotopic (exact) mass is 458 g/mol. The molecule has 2 heterocycles. The molecule has 4 rings (SSSR count). The van der Waals surface area contributed by atoms with Gasteiger partial charge in [0, 0.05) is 44.3 Å². The van der Waals surface area contributed by atoms with E-state index in [1.54, 1.807) is 28.0 Å². The Labute approximate surface area is 191 Å². The Hall–Kier alpha value is -3.36. The minimum Gasteiger partial charge on any atom is -0.444 e. The fourth-order valence-corrected chi connectivity index (χ4v) is 3.98. The molecule has 0 atom stereocenters. The van der Waals surface area contributed by atoms with Crippen LogP contribution < -0.4 is 15.1 Å². The van der Waals surface area contributed by atoms with Gasteiger partial charge in [-0.1, -0.05) is 0 Å². The number of likely N-dealkylation sites (tertiary alicyclic amines) is 1. The number of fused-ring (bicyclic) bond motifs is 1. The highest BCUT2D eigenvalue weighted by Crippen LogP contribution is 2.38. The summed E-state index contributed by atoms with van der Waals surface area (Å²) in [5, 5.41) is 2.93. The number of carbonyl (C=O) groups excluding carboxylic acids is 2. The number of hydrogen-bond acceptors (Lipinski definition) is 4. The molecule has 0 radical (unpaired) electrons. The number of nitrogens with one attached hydrogen (secondary N) is 1. The maximum absolute atomic E-state index is 14.0. The van der Waals surface area contributed by atoms with Crippen molar-refractivity contribution in [2.75, 3.05) is 42.5 Å². The molecular weight excluding hydrogens is 430 g/mol. The summed E-state index contributed by atoms with van der Waals surface area (Å²) in [7, 11) is 0. The Morgan fingerprint density at radius 3 is 2.33 bits per heavy atom. The van der Waals surface area contributed by atoms with Gasteiger partial charge in [-0.15, -0.1) is 0 Å². The second kappa shape index (κ2) is 8.88. The minimum absolute atomic E-state index is 0.148. The van der Waals surface area contributed by atoms with Crippen molar-refractivity contribution in [2.24, 2.45) is 5.92 Å². The number of nitrogens with zero attached hydrogens (tertiary/aromatic N) is 3. The first kappa shape index (κ1) is 22.8. The van der Waals surface area contributed by atoms with Crippen LogP contribution in [0.2, 0.25) is 0 Å². The number of carbonyl (C=O) groups is 2. The topological polar surface area (TPSA) is 65.1 Å². The predicted molar refractivity (Wildman–Crippen MR) is 122 cm³/mol. The highest BCUT2D eigenvalue weighted by molar-refractivity contribution is 5.98. The van der Waals surface area contributed by atoms with Crippen LogP contribution in [0.5, 0.6) is 0 Å². The van der Waals surface area contributed by atoms with Crippen LogP contribution in [0.3, 0.4) is 0 Å². The highest BCUT2D eigenvalue weighted by atomic mass is 19.1. The largest absolute Gasteiger partial charge is 0.444 e. The summed E-state index contributed by atoms with van der Waals surface area (Å²) in [6, 6.07) is 9.96. The van der Waals surface area contributed by atoms with E-state index in [4.69, 9.17) is 4.74 Å². The van der Waals surface area contributed by atoms with Crippen LogP contribution in [0.15, 0.2) is 42.5 Å². The van der Waals surface area contributed by atoms with Crippen LogP contribution in [0.4, 0.5) is 35.4 Å². The van der Waals surface area contributed by atoms with E-state index < -0.39 is 11.4 Å². The summed E-state index contributed by atoms with van der Waals surface area (Å²) in [4.78, 5) is 30.0. The average molecular weight is 459 g/mol. The smallest absolute Gasteiger partial charge is 0.410 e. The van der Waals surface area contributed by atoms with Crippen molar-refractivity contribution >= 4 is 29.2 Å². The van der Waals surface area contributed by atoms with Crippen molar-refractivity contribution in [3.63, 3.8) is 0 Å². The summed E-state index contributed by atoms with van der Waals surface area (Å²) in [5.41, 5.74) is 1.30. The lowest BCUT2D eigenvalue weighted by Gasteiger charge is -2.41. The molecule has 0 bridgehead atoms. The summed E-state index contributed by atoms with van der Waals surface area (Å²) in [5.74, 6) is -0.619. The van der Waals surface area contributed by atoms with Gasteiger partial charge < -0.3 is 19.9 Å². The van der Waals surface area contributed by atoms with Crippen molar-refractivity contribution in [3.8, 4) is 0 Å². The van der Waals surface area contributed by atoms with Gasteiger partial charge in [0.2, 0.25) is 0 Å². The normalized spacial score (nSPS) is 16.2. The molecule has 0 saturated carbocycles. The molecule has 0 aliphatic carbocycles. The van der Waals surface area contributed by atoms with Gasteiger partial charge in [-0.25, -0.2) is 18.4 Å². The van der Waals surface area contributed by atoms with Crippen molar-refractivity contribution in [2.45, 2.75) is 26.4 Å². The van der Waals surface area contributed by atoms with Crippen LogP contribution in [0.25, 0.3) is 0 Å². The lowest BCUT2D eigenvalue weighted by molar-refractivity contribution is -0.000339. The molecule has 1 N–H and O–H groups in total. The van der Waals surface area contributed by atoms with Gasteiger partial charge in [-0.2, -0.15) is 0 Å². The van der Waals surface area contributed by atoms with E-state index in [0.717, 1.165) is 5.69 Å². The maximum atomic E-state index is 14.0. The third-order valence-electron chi connectivity index (χ3n) is 5.60. The molecule has 2 aliphatic heterocycles. The van der Waals surface area contributed by atoms with E-state index in [9.17, 15) is 18.4 Å². The molecule has 0 unspecified atom stereocenters. The Kier molecular flexibility index (Phi) is 6.14. The maximum Gasteiger partial charge on any atom is 0.410 e. The standard InChI is InChI=1S/C24H28F2N4O3/c1-24(2,3)33-23(32)28-14-16(15-28)13-27-22(31)30-11-10-29(19-7-4-17(25)5-8-19)21-12-18(26)6-9-20(21)30/h4-9,12,16H,10-11,13-15H2,1-3H3,(H,27,31). The molecule has 3 amide bonds.